The van der Waals surface area contributed by atoms with Crippen LogP contribution in [0.15, 0.2) is 29.2 Å². The number of hydrogen-bond donors (Lipinski definition) is 1. The lowest BCUT2D eigenvalue weighted by atomic mass is 10.3. The number of carbonyl (C=O) groups excluding carboxylic acids is 1. The van der Waals surface area contributed by atoms with E-state index in [1.165, 1.54) is 26.8 Å². The summed E-state index contributed by atoms with van der Waals surface area (Å²) in [6.07, 6.45) is 0. The number of amides is 1. The second-order valence-corrected chi connectivity index (χ2v) is 10.4. The highest BCUT2D eigenvalue weighted by atomic mass is 32.2. The number of alkyl halides is 2. The van der Waals surface area contributed by atoms with Crippen molar-refractivity contribution in [2.75, 3.05) is 51.1 Å². The van der Waals surface area contributed by atoms with Gasteiger partial charge in [-0.25, -0.2) is 8.42 Å². The van der Waals surface area contributed by atoms with Gasteiger partial charge in [0.1, 0.15) is 0 Å². The molecule has 1 saturated heterocycles. The minimum Gasteiger partial charge on any atom is -0.324 e. The monoisotopic (exact) mass is 468 g/mol. The lowest BCUT2D eigenvalue weighted by molar-refractivity contribution is -0.117. The molecule has 0 bridgehead atoms. The van der Waals surface area contributed by atoms with Gasteiger partial charge in [0.15, 0.2) is 0 Å². The second-order valence-electron chi connectivity index (χ2n) is 6.62. The summed E-state index contributed by atoms with van der Waals surface area (Å²) in [6, 6.07) is 4.97. The Morgan fingerprint density at radius 3 is 2.17 bits per heavy atom. The Balaban J connectivity index is 1.99. The number of rotatable bonds is 9. The Hall–Kier alpha value is -1.67. The number of sulfone groups is 1. The molecular weight excluding hydrogens is 442 g/mol. The van der Waals surface area contributed by atoms with Crippen LogP contribution >= 0.6 is 0 Å². The Kier molecular flexibility index (Phi) is 8.27. The van der Waals surface area contributed by atoms with E-state index < -0.39 is 36.6 Å². The summed E-state index contributed by atoms with van der Waals surface area (Å²) in [5, 5.41) is 2.36. The lowest BCUT2D eigenvalue weighted by Gasteiger charge is -2.35. The molecule has 30 heavy (non-hydrogen) atoms. The normalized spacial score (nSPS) is 16.9. The fourth-order valence-corrected chi connectivity index (χ4v) is 5.63. The van der Waals surface area contributed by atoms with E-state index in [1.807, 2.05) is 0 Å². The average Bonchev–Trinajstić information content (AvgIpc) is 2.69. The molecule has 1 aromatic carbocycles. The zero-order chi connectivity index (χ0) is 22.5. The third-order valence-electron chi connectivity index (χ3n) is 4.76. The fraction of sp³-hybridized carbons (Fsp3) is 0.588. The summed E-state index contributed by atoms with van der Waals surface area (Å²) in [4.78, 5) is 13.4. The van der Waals surface area contributed by atoms with E-state index in [0.29, 0.717) is 26.2 Å². The van der Waals surface area contributed by atoms with Crippen molar-refractivity contribution in [1.29, 1.82) is 0 Å². The zero-order valence-corrected chi connectivity index (χ0v) is 18.4. The number of halogens is 2. The van der Waals surface area contributed by atoms with E-state index in [4.69, 9.17) is 0 Å². The van der Waals surface area contributed by atoms with Gasteiger partial charge in [-0.1, -0.05) is 26.0 Å². The number of nitrogens with one attached hydrogen (secondary N) is 1. The first-order valence-electron chi connectivity index (χ1n) is 9.42. The summed E-state index contributed by atoms with van der Waals surface area (Å²) >= 11 is 0. The second kappa shape index (κ2) is 10.1. The van der Waals surface area contributed by atoms with Gasteiger partial charge >= 0.3 is 5.76 Å². The van der Waals surface area contributed by atoms with Crippen LogP contribution in [0.3, 0.4) is 0 Å². The molecule has 0 saturated carbocycles. The van der Waals surface area contributed by atoms with Gasteiger partial charge in [0.05, 0.1) is 17.1 Å². The molecule has 1 aliphatic rings. The van der Waals surface area contributed by atoms with E-state index in [2.05, 4.69) is 5.32 Å². The lowest BCUT2D eigenvalue weighted by Crippen LogP contribution is -2.54. The van der Waals surface area contributed by atoms with E-state index in [-0.39, 0.29) is 25.3 Å². The Morgan fingerprint density at radius 1 is 1.07 bits per heavy atom. The number of nitrogens with zero attached hydrogens (tertiary/aromatic N) is 3. The number of hydrogen-bond acceptors (Lipinski definition) is 6. The first-order valence-corrected chi connectivity index (χ1v) is 12.4. The van der Waals surface area contributed by atoms with Crippen LogP contribution in [-0.4, -0.2) is 87.8 Å². The zero-order valence-electron chi connectivity index (χ0n) is 16.8. The highest BCUT2D eigenvalue weighted by molar-refractivity contribution is 7.91. The molecule has 170 valence electrons. The number of anilines is 1. The first kappa shape index (κ1) is 24.6. The van der Waals surface area contributed by atoms with Gasteiger partial charge in [-0.05, 0) is 12.1 Å². The first-order chi connectivity index (χ1) is 14.0. The summed E-state index contributed by atoms with van der Waals surface area (Å²) in [6.45, 7) is 5.16. The van der Waals surface area contributed by atoms with Gasteiger partial charge < -0.3 is 5.32 Å². The molecule has 9 nitrogen and oxygen atoms in total. The van der Waals surface area contributed by atoms with Crippen LogP contribution in [0.5, 0.6) is 0 Å². The number of piperazine rings is 1. The van der Waals surface area contributed by atoms with E-state index >= 15 is 0 Å². The van der Waals surface area contributed by atoms with Gasteiger partial charge in [0, 0.05) is 39.3 Å². The third-order valence-corrected chi connectivity index (χ3v) is 8.38. The summed E-state index contributed by atoms with van der Waals surface area (Å²) in [5.41, 5.74) is -0.217. The van der Waals surface area contributed by atoms with Crippen molar-refractivity contribution in [2.45, 2.75) is 24.5 Å². The van der Waals surface area contributed by atoms with Crippen LogP contribution in [0.4, 0.5) is 14.5 Å². The molecule has 1 aromatic rings. The Labute approximate surface area is 175 Å². The maximum absolute atomic E-state index is 12.9. The number of para-hydroxylation sites is 1. The maximum atomic E-state index is 12.9. The standard InChI is InChI=1S/C17H26F2N4O5S2/c1-3-22(4-2)30(27,28)23-11-9-21(10-12-23)13-16(24)20-14-7-5-6-8-15(14)29(25,26)17(18)19/h5-8,17H,3-4,9-13H2,1-2H3,(H,20,24). The quantitative estimate of drug-likeness (QED) is 0.575. The maximum Gasteiger partial charge on any atom is 0.341 e. The molecule has 0 spiro atoms. The van der Waals surface area contributed by atoms with Crippen molar-refractivity contribution in [3.8, 4) is 0 Å². The average molecular weight is 469 g/mol. The highest BCUT2D eigenvalue weighted by Crippen LogP contribution is 2.26. The molecule has 2 rings (SSSR count). The van der Waals surface area contributed by atoms with Gasteiger partial charge in [-0.3, -0.25) is 9.69 Å². The minimum absolute atomic E-state index is 0.123. The van der Waals surface area contributed by atoms with E-state index in [0.717, 1.165) is 6.07 Å². The van der Waals surface area contributed by atoms with Gasteiger partial charge in [0.25, 0.3) is 10.2 Å². The highest BCUT2D eigenvalue weighted by Gasteiger charge is 2.32. The minimum atomic E-state index is -4.86. The Morgan fingerprint density at radius 2 is 1.63 bits per heavy atom. The molecule has 0 unspecified atom stereocenters. The van der Waals surface area contributed by atoms with Crippen LogP contribution in [0.2, 0.25) is 0 Å². The topological polar surface area (TPSA) is 107 Å². The summed E-state index contributed by atoms with van der Waals surface area (Å²) < 4.78 is 77.1. The van der Waals surface area contributed by atoms with E-state index in [1.54, 1.807) is 18.7 Å². The molecular formula is C17H26F2N4O5S2. The van der Waals surface area contributed by atoms with Crippen LogP contribution in [-0.2, 0) is 24.8 Å². The van der Waals surface area contributed by atoms with Crippen molar-refractivity contribution in [1.82, 2.24) is 13.5 Å². The molecule has 0 aromatic heterocycles. The van der Waals surface area contributed by atoms with Crippen molar-refractivity contribution >= 4 is 31.6 Å². The van der Waals surface area contributed by atoms with Crippen LogP contribution in [0.1, 0.15) is 13.8 Å². The molecule has 0 radical (unpaired) electrons. The summed E-state index contributed by atoms with van der Waals surface area (Å²) in [7, 11) is -8.42. The molecule has 1 aliphatic heterocycles. The molecule has 0 aliphatic carbocycles. The third kappa shape index (κ3) is 5.52. The van der Waals surface area contributed by atoms with Crippen LogP contribution < -0.4 is 5.32 Å². The molecule has 1 amide bonds. The van der Waals surface area contributed by atoms with Gasteiger partial charge in [-0.2, -0.15) is 25.8 Å². The van der Waals surface area contributed by atoms with Crippen LogP contribution in [0, 0.1) is 0 Å². The molecule has 1 heterocycles. The number of benzene rings is 1. The Bertz CT molecular complexity index is 945. The summed E-state index contributed by atoms with van der Waals surface area (Å²) in [5.74, 6) is -4.18. The number of carbonyl (C=O) groups is 1. The molecule has 1 N–H and O–H groups in total. The predicted octanol–water partition coefficient (Wildman–Crippen LogP) is 0.826. The fourth-order valence-electron chi connectivity index (χ4n) is 3.14. The van der Waals surface area contributed by atoms with Gasteiger partial charge in [-0.15, -0.1) is 0 Å². The largest absolute Gasteiger partial charge is 0.341 e. The SMILES string of the molecule is CCN(CC)S(=O)(=O)N1CCN(CC(=O)Nc2ccccc2S(=O)(=O)C(F)F)CC1. The predicted molar refractivity (Wildman–Crippen MR) is 108 cm³/mol. The van der Waals surface area contributed by atoms with Crippen molar-refractivity contribution < 1.29 is 30.4 Å². The molecule has 13 heteroatoms. The van der Waals surface area contributed by atoms with Gasteiger partial charge in [0.2, 0.25) is 15.7 Å². The van der Waals surface area contributed by atoms with Crippen molar-refractivity contribution in [3.63, 3.8) is 0 Å². The molecule has 1 fully saturated rings. The smallest absolute Gasteiger partial charge is 0.324 e. The van der Waals surface area contributed by atoms with Crippen molar-refractivity contribution in [3.05, 3.63) is 24.3 Å². The molecule has 0 atom stereocenters. The van der Waals surface area contributed by atoms with E-state index in [9.17, 15) is 30.4 Å². The van der Waals surface area contributed by atoms with Crippen LogP contribution in [0.25, 0.3) is 0 Å². The van der Waals surface area contributed by atoms with Crippen molar-refractivity contribution in [2.24, 2.45) is 0 Å².